The highest BCUT2D eigenvalue weighted by atomic mass is 16.5. The minimum atomic E-state index is 0.631. The molecule has 0 amide bonds. The number of benzene rings is 1. The molecule has 0 atom stereocenters. The topological polar surface area (TPSA) is 47.0 Å². The van der Waals surface area contributed by atoms with Crippen LogP contribution in [0.2, 0.25) is 0 Å². The number of aryl methyl sites for hydroxylation is 1. The summed E-state index contributed by atoms with van der Waals surface area (Å²) >= 11 is 0. The van der Waals surface area contributed by atoms with Crippen molar-refractivity contribution in [2.45, 2.75) is 13.5 Å². The third-order valence-corrected chi connectivity index (χ3v) is 3.28. The molecular formula is C17H17N3O. The van der Waals surface area contributed by atoms with E-state index in [1.54, 1.807) is 6.20 Å². The first kappa shape index (κ1) is 13.5. The average Bonchev–Trinajstić information content (AvgIpc) is 2.51. The molecule has 0 radical (unpaired) electrons. The van der Waals surface area contributed by atoms with E-state index in [-0.39, 0.29) is 0 Å². The Morgan fingerprint density at radius 3 is 2.86 bits per heavy atom. The number of fused-ring (bicyclic) bond motifs is 1. The molecule has 1 N–H and O–H groups in total. The van der Waals surface area contributed by atoms with Gasteiger partial charge in [-0.3, -0.25) is 4.98 Å². The summed E-state index contributed by atoms with van der Waals surface area (Å²) in [7, 11) is 1.92. The molecule has 4 heteroatoms. The molecule has 0 unspecified atom stereocenters. The zero-order valence-electron chi connectivity index (χ0n) is 12.1. The Morgan fingerprint density at radius 2 is 2.05 bits per heavy atom. The smallest absolute Gasteiger partial charge is 0.222 e. The van der Waals surface area contributed by atoms with Crippen LogP contribution in [0.4, 0.5) is 0 Å². The number of aromatic nitrogens is 2. The molecule has 0 saturated heterocycles. The van der Waals surface area contributed by atoms with E-state index in [1.165, 1.54) is 0 Å². The van der Waals surface area contributed by atoms with Crippen LogP contribution in [0.1, 0.15) is 11.1 Å². The van der Waals surface area contributed by atoms with Crippen LogP contribution in [0.15, 0.2) is 48.8 Å². The van der Waals surface area contributed by atoms with Crippen molar-refractivity contribution >= 4 is 10.9 Å². The number of nitrogens with one attached hydrogen (secondary N) is 1. The summed E-state index contributed by atoms with van der Waals surface area (Å²) < 4.78 is 5.98. The van der Waals surface area contributed by atoms with Gasteiger partial charge in [-0.15, -0.1) is 0 Å². The summed E-state index contributed by atoms with van der Waals surface area (Å²) in [6, 6.07) is 11.8. The zero-order chi connectivity index (χ0) is 14.7. The molecule has 0 aliphatic carbocycles. The van der Waals surface area contributed by atoms with Gasteiger partial charge in [-0.1, -0.05) is 6.07 Å². The average molecular weight is 279 g/mol. The van der Waals surface area contributed by atoms with Crippen molar-refractivity contribution in [2.75, 3.05) is 7.05 Å². The van der Waals surface area contributed by atoms with Gasteiger partial charge in [0.1, 0.15) is 5.75 Å². The van der Waals surface area contributed by atoms with Gasteiger partial charge < -0.3 is 10.1 Å². The van der Waals surface area contributed by atoms with Gasteiger partial charge in [-0.2, -0.15) is 0 Å². The van der Waals surface area contributed by atoms with Crippen LogP contribution in [0.3, 0.4) is 0 Å². The lowest BCUT2D eigenvalue weighted by atomic mass is 10.2. The lowest BCUT2D eigenvalue weighted by Gasteiger charge is -2.11. The molecule has 106 valence electrons. The van der Waals surface area contributed by atoms with Crippen LogP contribution in [-0.2, 0) is 6.54 Å². The third-order valence-electron chi connectivity index (χ3n) is 3.28. The van der Waals surface area contributed by atoms with Crippen LogP contribution in [-0.4, -0.2) is 17.0 Å². The largest absolute Gasteiger partial charge is 0.438 e. The number of hydrogen-bond acceptors (Lipinski definition) is 4. The summed E-state index contributed by atoms with van der Waals surface area (Å²) in [4.78, 5) is 8.75. The van der Waals surface area contributed by atoms with Crippen LogP contribution < -0.4 is 10.1 Å². The third kappa shape index (κ3) is 2.85. The normalized spacial score (nSPS) is 10.8. The van der Waals surface area contributed by atoms with Gasteiger partial charge in [0.15, 0.2) is 0 Å². The minimum Gasteiger partial charge on any atom is -0.438 e. The number of nitrogens with zero attached hydrogens (tertiary/aromatic N) is 2. The molecule has 2 heterocycles. The highest BCUT2D eigenvalue weighted by Gasteiger charge is 2.07. The fraction of sp³-hybridized carbons (Fsp3) is 0.176. The number of hydrogen-bond donors (Lipinski definition) is 1. The molecule has 0 fully saturated rings. The maximum absolute atomic E-state index is 5.98. The highest BCUT2D eigenvalue weighted by Crippen LogP contribution is 2.29. The van der Waals surface area contributed by atoms with Crippen LogP contribution in [0.25, 0.3) is 10.9 Å². The SMILES string of the molecule is CNCc1cnc(Oc2cccc3ncccc23)c(C)c1. The molecule has 4 nitrogen and oxygen atoms in total. The van der Waals surface area contributed by atoms with Gasteiger partial charge in [-0.25, -0.2) is 4.98 Å². The fourth-order valence-corrected chi connectivity index (χ4v) is 2.30. The second-order valence-corrected chi connectivity index (χ2v) is 4.92. The predicted octanol–water partition coefficient (Wildman–Crippen LogP) is 3.45. The van der Waals surface area contributed by atoms with Crippen molar-refractivity contribution in [3.8, 4) is 11.6 Å². The first-order valence-corrected chi connectivity index (χ1v) is 6.89. The zero-order valence-corrected chi connectivity index (χ0v) is 12.1. The van der Waals surface area contributed by atoms with Crippen LogP contribution in [0.5, 0.6) is 11.6 Å². The lowest BCUT2D eigenvalue weighted by molar-refractivity contribution is 0.463. The van der Waals surface area contributed by atoms with Crippen molar-refractivity contribution in [3.05, 3.63) is 59.9 Å². The monoisotopic (exact) mass is 279 g/mol. The van der Waals surface area contributed by atoms with E-state index in [4.69, 9.17) is 4.74 Å². The van der Waals surface area contributed by atoms with E-state index in [2.05, 4.69) is 21.4 Å². The predicted molar refractivity (Wildman–Crippen MR) is 83.6 cm³/mol. The standard InChI is InChI=1S/C17H17N3O/c1-12-9-13(10-18-2)11-20-17(12)21-16-7-3-6-15-14(16)5-4-8-19-15/h3-9,11,18H,10H2,1-2H3. The molecule has 0 bridgehead atoms. The number of pyridine rings is 2. The van der Waals surface area contributed by atoms with Crippen molar-refractivity contribution in [1.82, 2.24) is 15.3 Å². The first-order chi connectivity index (χ1) is 10.3. The van der Waals surface area contributed by atoms with Crippen LogP contribution in [0, 0.1) is 6.92 Å². The van der Waals surface area contributed by atoms with E-state index in [0.717, 1.165) is 34.3 Å². The van der Waals surface area contributed by atoms with Crippen molar-refractivity contribution in [2.24, 2.45) is 0 Å². The van der Waals surface area contributed by atoms with Gasteiger partial charge in [0.05, 0.1) is 5.52 Å². The van der Waals surface area contributed by atoms with Crippen molar-refractivity contribution in [3.63, 3.8) is 0 Å². The number of ether oxygens (including phenoxy) is 1. The number of rotatable bonds is 4. The molecule has 3 rings (SSSR count). The van der Waals surface area contributed by atoms with E-state index in [1.807, 2.05) is 50.5 Å². The Hall–Kier alpha value is -2.46. The minimum absolute atomic E-state index is 0.631. The highest BCUT2D eigenvalue weighted by molar-refractivity contribution is 5.85. The van der Waals surface area contributed by atoms with Crippen molar-refractivity contribution < 1.29 is 4.74 Å². The molecule has 0 aliphatic rings. The van der Waals surface area contributed by atoms with E-state index in [0.29, 0.717) is 5.88 Å². The lowest BCUT2D eigenvalue weighted by Crippen LogP contribution is -2.06. The van der Waals surface area contributed by atoms with Gasteiger partial charge >= 0.3 is 0 Å². The maximum atomic E-state index is 5.98. The summed E-state index contributed by atoms with van der Waals surface area (Å²) in [6.45, 7) is 2.80. The summed E-state index contributed by atoms with van der Waals surface area (Å²) in [6.07, 6.45) is 3.62. The quantitative estimate of drug-likeness (QED) is 0.794. The summed E-state index contributed by atoms with van der Waals surface area (Å²) in [5, 5.41) is 4.10. The second kappa shape index (κ2) is 5.89. The molecule has 2 aromatic heterocycles. The van der Waals surface area contributed by atoms with Gasteiger partial charge in [0, 0.05) is 29.9 Å². The summed E-state index contributed by atoms with van der Waals surface area (Å²) in [5.74, 6) is 1.41. The molecule has 0 aliphatic heterocycles. The van der Waals surface area contributed by atoms with Gasteiger partial charge in [0.25, 0.3) is 0 Å². The van der Waals surface area contributed by atoms with Crippen LogP contribution >= 0.6 is 0 Å². The molecular weight excluding hydrogens is 262 g/mol. The van der Waals surface area contributed by atoms with Gasteiger partial charge in [-0.05, 0) is 49.9 Å². The molecule has 0 saturated carbocycles. The Bertz CT molecular complexity index is 766. The van der Waals surface area contributed by atoms with Gasteiger partial charge in [0.2, 0.25) is 5.88 Å². The Morgan fingerprint density at radius 1 is 1.14 bits per heavy atom. The summed E-state index contributed by atoms with van der Waals surface area (Å²) in [5.41, 5.74) is 3.07. The fourth-order valence-electron chi connectivity index (χ4n) is 2.30. The Balaban J connectivity index is 1.95. The molecule has 21 heavy (non-hydrogen) atoms. The Labute approximate surface area is 123 Å². The van der Waals surface area contributed by atoms with E-state index in [9.17, 15) is 0 Å². The van der Waals surface area contributed by atoms with E-state index < -0.39 is 0 Å². The molecule has 1 aromatic carbocycles. The second-order valence-electron chi connectivity index (χ2n) is 4.92. The Kier molecular flexibility index (Phi) is 3.79. The van der Waals surface area contributed by atoms with Crippen molar-refractivity contribution in [1.29, 1.82) is 0 Å². The molecule has 0 spiro atoms. The maximum Gasteiger partial charge on any atom is 0.222 e. The first-order valence-electron chi connectivity index (χ1n) is 6.89. The molecule has 3 aromatic rings. The van der Waals surface area contributed by atoms with E-state index >= 15 is 0 Å².